The van der Waals surface area contributed by atoms with Crippen molar-refractivity contribution in [1.29, 1.82) is 0 Å². The molecule has 0 spiro atoms. The lowest BCUT2D eigenvalue weighted by Gasteiger charge is -2.01. The summed E-state index contributed by atoms with van der Waals surface area (Å²) in [6, 6.07) is 9.96. The third kappa shape index (κ3) is 2.13. The Morgan fingerprint density at radius 2 is 2.00 bits per heavy atom. The van der Waals surface area contributed by atoms with E-state index in [2.05, 4.69) is 9.97 Å². The lowest BCUT2D eigenvalue weighted by molar-refractivity contribution is 0.0697. The lowest BCUT2D eigenvalue weighted by atomic mass is 10.2. The summed E-state index contributed by atoms with van der Waals surface area (Å²) in [5.41, 5.74) is 2.18. The Labute approximate surface area is 124 Å². The van der Waals surface area contributed by atoms with E-state index in [1.54, 1.807) is 24.3 Å². The highest BCUT2D eigenvalue weighted by molar-refractivity contribution is 6.43. The topological polar surface area (TPSA) is 66.0 Å². The van der Waals surface area contributed by atoms with Crippen molar-refractivity contribution in [2.75, 3.05) is 0 Å². The molecule has 3 rings (SSSR count). The fraction of sp³-hybridized carbons (Fsp3) is 0. The maximum absolute atomic E-state index is 10.9. The molecule has 20 heavy (non-hydrogen) atoms. The van der Waals surface area contributed by atoms with Crippen LogP contribution in [0.2, 0.25) is 10.0 Å². The molecule has 4 nitrogen and oxygen atoms in total. The zero-order valence-electron chi connectivity index (χ0n) is 10.0. The van der Waals surface area contributed by atoms with Crippen LogP contribution in [0, 0.1) is 0 Å². The van der Waals surface area contributed by atoms with Gasteiger partial charge in [0.15, 0.2) is 0 Å². The Bertz CT molecular complexity index is 827. The predicted molar refractivity (Wildman–Crippen MR) is 78.5 cm³/mol. The molecule has 1 heterocycles. The first-order valence-electron chi connectivity index (χ1n) is 5.73. The highest BCUT2D eigenvalue weighted by atomic mass is 35.5. The first-order chi connectivity index (χ1) is 9.56. The van der Waals surface area contributed by atoms with E-state index in [-0.39, 0.29) is 5.56 Å². The van der Waals surface area contributed by atoms with Gasteiger partial charge in [-0.15, -0.1) is 0 Å². The average Bonchev–Trinajstić information content (AvgIpc) is 2.84. The van der Waals surface area contributed by atoms with E-state index in [1.165, 1.54) is 12.1 Å². The number of carboxylic acid groups (broad SMARTS) is 1. The van der Waals surface area contributed by atoms with Crippen LogP contribution in [0.25, 0.3) is 22.4 Å². The minimum absolute atomic E-state index is 0.199. The molecule has 0 atom stereocenters. The second kappa shape index (κ2) is 4.81. The summed E-state index contributed by atoms with van der Waals surface area (Å²) in [6.07, 6.45) is 0. The van der Waals surface area contributed by atoms with Gasteiger partial charge < -0.3 is 10.1 Å². The van der Waals surface area contributed by atoms with Gasteiger partial charge in [-0.25, -0.2) is 9.78 Å². The van der Waals surface area contributed by atoms with E-state index in [9.17, 15) is 4.79 Å². The van der Waals surface area contributed by atoms with Crippen molar-refractivity contribution in [1.82, 2.24) is 9.97 Å². The van der Waals surface area contributed by atoms with Crippen molar-refractivity contribution < 1.29 is 9.90 Å². The van der Waals surface area contributed by atoms with Gasteiger partial charge in [0, 0.05) is 5.56 Å². The highest BCUT2D eigenvalue weighted by Gasteiger charge is 2.12. The number of rotatable bonds is 2. The van der Waals surface area contributed by atoms with Crippen LogP contribution in [0.3, 0.4) is 0 Å². The number of H-pyrrole nitrogens is 1. The standard InChI is InChI=1S/C14H8Cl2N2O2/c15-9-3-1-2-8(12(9)16)13-17-10-5-4-7(14(19)20)6-11(10)18-13/h1-6H,(H,17,18)(H,19,20). The zero-order chi connectivity index (χ0) is 14.3. The van der Waals surface area contributed by atoms with E-state index in [4.69, 9.17) is 28.3 Å². The van der Waals surface area contributed by atoms with E-state index < -0.39 is 5.97 Å². The molecule has 2 aromatic carbocycles. The molecular formula is C14H8Cl2N2O2. The molecule has 0 radical (unpaired) electrons. The number of aromatic amines is 1. The van der Waals surface area contributed by atoms with Crippen molar-refractivity contribution in [2.24, 2.45) is 0 Å². The predicted octanol–water partition coefficient (Wildman–Crippen LogP) is 4.23. The van der Waals surface area contributed by atoms with Crippen LogP contribution < -0.4 is 0 Å². The third-order valence-electron chi connectivity index (χ3n) is 2.94. The summed E-state index contributed by atoms with van der Waals surface area (Å²) in [5.74, 6) is -0.432. The maximum Gasteiger partial charge on any atom is 0.335 e. The van der Waals surface area contributed by atoms with Crippen LogP contribution >= 0.6 is 23.2 Å². The monoisotopic (exact) mass is 306 g/mol. The highest BCUT2D eigenvalue weighted by Crippen LogP contribution is 2.32. The van der Waals surface area contributed by atoms with Gasteiger partial charge in [-0.1, -0.05) is 29.3 Å². The molecule has 0 saturated heterocycles. The van der Waals surface area contributed by atoms with Gasteiger partial charge in [-0.2, -0.15) is 0 Å². The Hall–Kier alpha value is -2.04. The largest absolute Gasteiger partial charge is 0.478 e. The Balaban J connectivity index is 2.18. The number of aromatic carboxylic acids is 1. The average molecular weight is 307 g/mol. The molecule has 0 amide bonds. The van der Waals surface area contributed by atoms with Crippen LogP contribution in [0.5, 0.6) is 0 Å². The number of aromatic nitrogens is 2. The number of carboxylic acids is 1. The minimum Gasteiger partial charge on any atom is -0.478 e. The number of hydrogen-bond donors (Lipinski definition) is 2. The Morgan fingerprint density at radius 1 is 1.20 bits per heavy atom. The van der Waals surface area contributed by atoms with Crippen LogP contribution in [-0.2, 0) is 0 Å². The van der Waals surface area contributed by atoms with Gasteiger partial charge in [-0.3, -0.25) is 0 Å². The van der Waals surface area contributed by atoms with Crippen LogP contribution in [0.15, 0.2) is 36.4 Å². The second-order valence-corrected chi connectivity index (χ2v) is 5.01. The first-order valence-corrected chi connectivity index (χ1v) is 6.49. The third-order valence-corrected chi connectivity index (χ3v) is 3.75. The fourth-order valence-corrected chi connectivity index (χ4v) is 2.35. The number of benzene rings is 2. The smallest absolute Gasteiger partial charge is 0.335 e. The second-order valence-electron chi connectivity index (χ2n) is 4.22. The number of nitrogens with zero attached hydrogens (tertiary/aromatic N) is 1. The molecule has 0 fully saturated rings. The summed E-state index contributed by atoms with van der Waals surface area (Å²) in [4.78, 5) is 18.4. The van der Waals surface area contributed by atoms with Crippen LogP contribution in [-0.4, -0.2) is 21.0 Å². The summed E-state index contributed by atoms with van der Waals surface area (Å²) >= 11 is 12.1. The van der Waals surface area contributed by atoms with Gasteiger partial charge in [0.05, 0.1) is 26.6 Å². The molecule has 0 aliphatic heterocycles. The van der Waals surface area contributed by atoms with Gasteiger partial charge in [0.25, 0.3) is 0 Å². The van der Waals surface area contributed by atoms with Crippen LogP contribution in [0.4, 0.5) is 0 Å². The molecule has 0 bridgehead atoms. The van der Waals surface area contributed by atoms with E-state index >= 15 is 0 Å². The molecule has 1 aromatic heterocycles. The van der Waals surface area contributed by atoms with Crippen molar-refractivity contribution >= 4 is 40.2 Å². The SMILES string of the molecule is O=C(O)c1ccc2nc(-c3cccc(Cl)c3Cl)[nH]c2c1. The molecule has 0 saturated carbocycles. The van der Waals surface area contributed by atoms with E-state index in [1.807, 2.05) is 0 Å². The molecule has 2 N–H and O–H groups in total. The normalized spacial score (nSPS) is 10.9. The fourth-order valence-electron chi connectivity index (χ4n) is 1.96. The number of fused-ring (bicyclic) bond motifs is 1. The Kier molecular flexibility index (Phi) is 3.12. The van der Waals surface area contributed by atoms with Gasteiger partial charge in [0.1, 0.15) is 5.82 Å². The molecule has 0 unspecified atom stereocenters. The van der Waals surface area contributed by atoms with E-state index in [0.717, 1.165) is 0 Å². The number of halogens is 2. The van der Waals surface area contributed by atoms with Crippen molar-refractivity contribution in [3.05, 3.63) is 52.0 Å². The van der Waals surface area contributed by atoms with Gasteiger partial charge in [-0.05, 0) is 30.3 Å². The molecule has 100 valence electrons. The van der Waals surface area contributed by atoms with Crippen molar-refractivity contribution in [2.45, 2.75) is 0 Å². The molecule has 0 aliphatic carbocycles. The molecule has 0 aliphatic rings. The summed E-state index contributed by atoms with van der Waals surface area (Å²) < 4.78 is 0. The summed E-state index contributed by atoms with van der Waals surface area (Å²) in [6.45, 7) is 0. The molecular weight excluding hydrogens is 299 g/mol. The molecule has 6 heteroatoms. The summed E-state index contributed by atoms with van der Waals surface area (Å²) in [5, 5.41) is 9.83. The number of nitrogens with one attached hydrogen (secondary N) is 1. The quantitative estimate of drug-likeness (QED) is 0.744. The zero-order valence-corrected chi connectivity index (χ0v) is 11.5. The minimum atomic E-state index is -0.983. The van der Waals surface area contributed by atoms with Crippen molar-refractivity contribution in [3.63, 3.8) is 0 Å². The van der Waals surface area contributed by atoms with Crippen LogP contribution in [0.1, 0.15) is 10.4 Å². The van der Waals surface area contributed by atoms with Crippen molar-refractivity contribution in [3.8, 4) is 11.4 Å². The lowest BCUT2D eigenvalue weighted by Crippen LogP contribution is -1.94. The summed E-state index contributed by atoms with van der Waals surface area (Å²) in [7, 11) is 0. The van der Waals surface area contributed by atoms with Gasteiger partial charge >= 0.3 is 5.97 Å². The van der Waals surface area contributed by atoms with E-state index in [0.29, 0.717) is 32.5 Å². The first kappa shape index (κ1) is 13.0. The maximum atomic E-state index is 10.9. The molecule has 3 aromatic rings. The Morgan fingerprint density at radius 3 is 2.75 bits per heavy atom. The number of imidazole rings is 1. The number of carbonyl (C=O) groups is 1. The number of hydrogen-bond acceptors (Lipinski definition) is 2. The van der Waals surface area contributed by atoms with Gasteiger partial charge in [0.2, 0.25) is 0 Å².